The molecular weight excluding hydrogens is 287 g/mol. The smallest absolute Gasteiger partial charge is 0.595 e. The topological polar surface area (TPSA) is 80.3 Å². The summed E-state index contributed by atoms with van der Waals surface area (Å²) in [4.78, 5) is 20.1. The molecule has 15 heavy (non-hydrogen) atoms. The van der Waals surface area contributed by atoms with E-state index in [2.05, 4.69) is 0 Å². The van der Waals surface area contributed by atoms with Gasteiger partial charge in [-0.3, -0.25) is 0 Å². The molecule has 0 saturated carbocycles. The van der Waals surface area contributed by atoms with Crippen LogP contribution in [-0.4, -0.2) is 10.3 Å². The Hall–Kier alpha value is 0.743. The van der Waals surface area contributed by atoms with Gasteiger partial charge in [0.1, 0.15) is 0 Å². The van der Waals surface area contributed by atoms with Crippen molar-refractivity contribution in [3.8, 4) is 0 Å². The molecule has 0 bridgehead atoms. The van der Waals surface area contributed by atoms with E-state index in [1.54, 1.807) is 41.5 Å². The van der Waals surface area contributed by atoms with Crippen LogP contribution in [0.1, 0.15) is 41.5 Å². The Bertz CT molecular complexity index is 194. The molecule has 0 saturated heterocycles. The first kappa shape index (κ1) is 21.1. The summed E-state index contributed by atoms with van der Waals surface area (Å²) in [6, 6.07) is 0. The van der Waals surface area contributed by atoms with Gasteiger partial charge in [0, 0.05) is 0 Å². The van der Waals surface area contributed by atoms with Crippen molar-refractivity contribution in [2.45, 2.75) is 51.9 Å². The van der Waals surface area contributed by atoms with Gasteiger partial charge in [-0.15, -0.1) is 0 Å². The van der Waals surface area contributed by atoms with Crippen molar-refractivity contribution in [3.63, 3.8) is 0 Å². The first-order valence-electron chi connectivity index (χ1n) is 4.18. The van der Waals surface area contributed by atoms with E-state index in [0.29, 0.717) is 0 Å². The maximum Gasteiger partial charge on any atom is 2.00 e. The van der Waals surface area contributed by atoms with Crippen molar-refractivity contribution < 1.29 is 38.4 Å². The quantitative estimate of drug-likeness (QED) is 0.504. The molecule has 0 aliphatic carbocycles. The Labute approximate surface area is 106 Å². The molecule has 2 unspecified atom stereocenters. The van der Waals surface area contributed by atoms with Gasteiger partial charge in [-0.05, 0) is 41.5 Å². The third-order valence-electron chi connectivity index (χ3n) is 1.10. The van der Waals surface area contributed by atoms with Gasteiger partial charge in [0.2, 0.25) is 0 Å². The summed E-state index contributed by atoms with van der Waals surface area (Å²) >= 11 is 0. The minimum absolute atomic E-state index is 0. The normalized spacial score (nSPS) is 13.1. The zero-order valence-corrected chi connectivity index (χ0v) is 15.0. The predicted molar refractivity (Wildman–Crippen MR) is 54.7 cm³/mol. The first-order chi connectivity index (χ1) is 5.89. The Kier molecular flexibility index (Phi) is 11.1. The molecule has 0 radical (unpaired) electrons. The summed E-state index contributed by atoms with van der Waals surface area (Å²) in [5.41, 5.74) is 0. The van der Waals surface area contributed by atoms with Gasteiger partial charge in [-0.2, -0.15) is 0 Å². The molecule has 0 aromatic rings. The molecule has 0 amide bonds. The van der Waals surface area contributed by atoms with Crippen molar-refractivity contribution in [2.75, 3.05) is 0 Å². The minimum atomic E-state index is -2.24. The Morgan fingerprint density at radius 3 is 0.800 bits per heavy atom. The van der Waals surface area contributed by atoms with Crippen LogP contribution in [-0.2, 0) is 28.6 Å². The van der Waals surface area contributed by atoms with Gasteiger partial charge >= 0.3 is 35.5 Å². The Morgan fingerprint density at radius 2 is 0.800 bits per heavy atom. The van der Waals surface area contributed by atoms with Crippen LogP contribution in [0.5, 0.6) is 0 Å². The van der Waals surface area contributed by atoms with Crippen LogP contribution < -0.4 is 9.79 Å². The molecule has 2 atom stereocenters. The van der Waals surface area contributed by atoms with Crippen molar-refractivity contribution in [1.29, 1.82) is 0 Å². The summed E-state index contributed by atoms with van der Waals surface area (Å²) in [5.74, 6) is 0. The number of hydrogen-bond donors (Lipinski definition) is 0. The van der Waals surface area contributed by atoms with Gasteiger partial charge in [-0.25, -0.2) is 0 Å². The van der Waals surface area contributed by atoms with Gasteiger partial charge in [0.05, 0.1) is 0 Å². The predicted octanol–water partition coefficient (Wildman–Crippen LogP) is 1.77. The van der Waals surface area contributed by atoms with E-state index in [-0.39, 0.29) is 19.5 Å². The number of hydrogen-bond acceptors (Lipinski definition) is 4. The molecule has 0 heterocycles. The zero-order valence-electron chi connectivity index (χ0n) is 10.2. The fourth-order valence-electron chi connectivity index (χ4n) is 0. The molecule has 0 rings (SSSR count). The fourth-order valence-corrected chi connectivity index (χ4v) is 0. The summed E-state index contributed by atoms with van der Waals surface area (Å²) in [5, 5.41) is -1.09. The fraction of sp³-hybridized carbons (Fsp3) is 1.00. The van der Waals surface area contributed by atoms with Crippen LogP contribution in [0.2, 0.25) is 0 Å². The van der Waals surface area contributed by atoms with Crippen LogP contribution in [0.25, 0.3) is 0 Å². The largest absolute Gasteiger partial charge is 2.00 e. The molecule has 0 aromatic carbocycles. The Balaban J connectivity index is -0.000000180. The average Bonchev–Trinajstić information content (AvgIpc) is 1.83. The van der Waals surface area contributed by atoms with Crippen molar-refractivity contribution >= 4 is 16.1 Å². The van der Waals surface area contributed by atoms with Crippen LogP contribution in [0.15, 0.2) is 0 Å². The maximum absolute atomic E-state index is 10.1. The molecule has 0 aliphatic rings. The minimum Gasteiger partial charge on any atom is -0.595 e. The summed E-state index contributed by atoms with van der Waals surface area (Å²) in [6.07, 6.45) is 0. The van der Waals surface area contributed by atoms with E-state index in [4.69, 9.17) is 0 Å². The van der Waals surface area contributed by atoms with E-state index in [1.807, 2.05) is 0 Å². The SMILES string of the molecule is CC(C)(C)[P+](=O)[O-].CC(C)(C)[P+](=O)[O-].[Zn+2]. The van der Waals surface area contributed by atoms with E-state index < -0.39 is 26.4 Å². The second-order valence-corrected chi connectivity index (χ2v) is 8.57. The average molecular weight is 306 g/mol. The van der Waals surface area contributed by atoms with Crippen molar-refractivity contribution in [1.82, 2.24) is 0 Å². The molecule has 4 nitrogen and oxygen atoms in total. The summed E-state index contributed by atoms with van der Waals surface area (Å²) in [7, 11) is -4.48. The molecule has 84 valence electrons. The zero-order chi connectivity index (χ0) is 12.2. The summed E-state index contributed by atoms with van der Waals surface area (Å²) < 4.78 is 20.1. The van der Waals surface area contributed by atoms with Gasteiger partial charge < -0.3 is 9.79 Å². The second kappa shape index (κ2) is 7.93. The van der Waals surface area contributed by atoms with Crippen LogP contribution in [0.4, 0.5) is 0 Å². The van der Waals surface area contributed by atoms with E-state index >= 15 is 0 Å². The maximum atomic E-state index is 10.1. The molecule has 0 aliphatic heterocycles. The Morgan fingerprint density at radius 1 is 0.733 bits per heavy atom. The van der Waals surface area contributed by atoms with E-state index in [9.17, 15) is 18.9 Å². The van der Waals surface area contributed by atoms with Gasteiger partial charge in [0.25, 0.3) is 0 Å². The number of rotatable bonds is 0. The van der Waals surface area contributed by atoms with E-state index in [0.717, 1.165) is 0 Å². The third-order valence-corrected chi connectivity index (χ3v) is 3.29. The van der Waals surface area contributed by atoms with Crippen LogP contribution in [0.3, 0.4) is 0 Å². The molecule has 0 fully saturated rings. The third kappa shape index (κ3) is 14.7. The summed E-state index contributed by atoms with van der Waals surface area (Å²) in [6.45, 7) is 9.99. The molecular formula is C8H18O4P2Zn+2. The van der Waals surface area contributed by atoms with E-state index in [1.165, 1.54) is 0 Å². The van der Waals surface area contributed by atoms with Gasteiger partial charge in [0.15, 0.2) is 10.3 Å². The van der Waals surface area contributed by atoms with Crippen LogP contribution >= 0.6 is 16.1 Å². The standard InChI is InChI=1S/2C4H9O2P.Zn/c2*1-4(2,3)7(5)6;/h2*1-3H3;/q;;+2. The van der Waals surface area contributed by atoms with Crippen molar-refractivity contribution in [2.24, 2.45) is 0 Å². The molecule has 7 heteroatoms. The first-order valence-corrected chi connectivity index (χ1v) is 6.53. The molecule has 0 N–H and O–H groups in total. The monoisotopic (exact) mass is 304 g/mol. The molecule has 0 aromatic heterocycles. The van der Waals surface area contributed by atoms with Crippen molar-refractivity contribution in [3.05, 3.63) is 0 Å². The van der Waals surface area contributed by atoms with Gasteiger partial charge in [-0.1, -0.05) is 9.13 Å². The second-order valence-electron chi connectivity index (χ2n) is 4.86. The van der Waals surface area contributed by atoms with Crippen LogP contribution in [0, 0.1) is 0 Å². The molecule has 0 spiro atoms.